The van der Waals surface area contributed by atoms with Gasteiger partial charge in [0.15, 0.2) is 0 Å². The summed E-state index contributed by atoms with van der Waals surface area (Å²) in [6, 6.07) is 1.56. The second-order valence-electron chi connectivity index (χ2n) is 6.99. The highest BCUT2D eigenvalue weighted by molar-refractivity contribution is 7.11. The van der Waals surface area contributed by atoms with Crippen LogP contribution in [0.2, 0.25) is 11.1 Å². The Labute approximate surface area is 106 Å². The summed E-state index contributed by atoms with van der Waals surface area (Å²) < 4.78 is 5.84. The van der Waals surface area contributed by atoms with Gasteiger partial charge < -0.3 is 4.43 Å². The molecule has 0 aromatic heterocycles. The zero-order valence-corrected chi connectivity index (χ0v) is 14.5. The standard InChI is InChI=1S/C13H30OSi2/c1-6-8-12(2,3)11-13(4,5)16-10-7-9-14-15-16/h16H,6-11,15H2,1-5H3. The van der Waals surface area contributed by atoms with Crippen molar-refractivity contribution in [3.8, 4) is 0 Å². The van der Waals surface area contributed by atoms with E-state index in [9.17, 15) is 0 Å². The molecule has 3 heteroatoms. The molecule has 1 aliphatic rings. The minimum Gasteiger partial charge on any atom is -0.428 e. The van der Waals surface area contributed by atoms with E-state index < -0.39 is 8.31 Å². The Morgan fingerprint density at radius 2 is 1.94 bits per heavy atom. The van der Waals surface area contributed by atoms with Gasteiger partial charge in [-0.1, -0.05) is 47.1 Å². The monoisotopic (exact) mass is 258 g/mol. The summed E-state index contributed by atoms with van der Waals surface area (Å²) in [6.07, 6.45) is 5.46. The molecular formula is C13H30OSi2. The van der Waals surface area contributed by atoms with Gasteiger partial charge in [-0.2, -0.15) is 0 Å². The lowest BCUT2D eigenvalue weighted by Gasteiger charge is -2.41. The van der Waals surface area contributed by atoms with Crippen LogP contribution in [0.5, 0.6) is 0 Å². The molecule has 0 saturated carbocycles. The third kappa shape index (κ3) is 4.34. The lowest BCUT2D eigenvalue weighted by molar-refractivity contribution is 0.265. The molecule has 1 rings (SSSR count). The summed E-state index contributed by atoms with van der Waals surface area (Å²) in [5.41, 5.74) is 0.539. The first-order chi connectivity index (χ1) is 7.37. The van der Waals surface area contributed by atoms with Crippen molar-refractivity contribution in [1.82, 2.24) is 0 Å². The summed E-state index contributed by atoms with van der Waals surface area (Å²) in [6.45, 7) is 13.4. The van der Waals surface area contributed by atoms with Gasteiger partial charge in [0.05, 0.1) is 8.31 Å². The number of hydrogen-bond donors (Lipinski definition) is 0. The molecule has 0 aromatic carbocycles. The van der Waals surface area contributed by atoms with Gasteiger partial charge >= 0.3 is 0 Å². The zero-order chi connectivity index (χ0) is 12.2. The maximum atomic E-state index is 5.84. The van der Waals surface area contributed by atoms with Crippen LogP contribution in [-0.2, 0) is 4.43 Å². The first kappa shape index (κ1) is 14.5. The van der Waals surface area contributed by atoms with Gasteiger partial charge in [-0.25, -0.2) is 0 Å². The molecule has 16 heavy (non-hydrogen) atoms. The fourth-order valence-corrected chi connectivity index (χ4v) is 11.6. The molecule has 96 valence electrons. The van der Waals surface area contributed by atoms with Crippen LogP contribution in [0.15, 0.2) is 0 Å². The predicted molar refractivity (Wildman–Crippen MR) is 78.4 cm³/mol. The van der Waals surface area contributed by atoms with Gasteiger partial charge in [-0.15, -0.1) is 0 Å². The van der Waals surface area contributed by atoms with Gasteiger partial charge in [0.1, 0.15) is 9.28 Å². The predicted octanol–water partition coefficient (Wildman–Crippen LogP) is 3.21. The quantitative estimate of drug-likeness (QED) is 0.688. The van der Waals surface area contributed by atoms with E-state index in [2.05, 4.69) is 34.6 Å². The topological polar surface area (TPSA) is 9.23 Å². The highest BCUT2D eigenvalue weighted by Crippen LogP contribution is 2.45. The SMILES string of the molecule is CCCC(C)(C)CC(C)(C)[SiH]1CCCO[SiH2]1. The van der Waals surface area contributed by atoms with Crippen LogP contribution in [0.3, 0.4) is 0 Å². The minimum atomic E-state index is -0.543. The molecule has 0 aromatic rings. The van der Waals surface area contributed by atoms with Crippen LogP contribution in [-0.4, -0.2) is 24.2 Å². The largest absolute Gasteiger partial charge is 0.428 e. The van der Waals surface area contributed by atoms with E-state index in [-0.39, 0.29) is 9.28 Å². The summed E-state index contributed by atoms with van der Waals surface area (Å²) >= 11 is 0. The Bertz CT molecular complexity index is 208. The number of rotatable bonds is 5. The molecule has 0 spiro atoms. The van der Waals surface area contributed by atoms with Crippen molar-refractivity contribution in [2.45, 2.75) is 71.4 Å². The van der Waals surface area contributed by atoms with Crippen molar-refractivity contribution in [2.75, 3.05) is 6.61 Å². The van der Waals surface area contributed by atoms with E-state index >= 15 is 0 Å². The van der Waals surface area contributed by atoms with E-state index in [0.717, 1.165) is 6.61 Å². The van der Waals surface area contributed by atoms with Crippen molar-refractivity contribution in [2.24, 2.45) is 5.41 Å². The molecule has 0 bridgehead atoms. The number of hydrogen-bond acceptors (Lipinski definition) is 1. The zero-order valence-electron chi connectivity index (χ0n) is 11.9. The van der Waals surface area contributed by atoms with Gasteiger partial charge in [0, 0.05) is 6.61 Å². The maximum Gasteiger partial charge on any atom is 0.147 e. The summed E-state index contributed by atoms with van der Waals surface area (Å²) in [4.78, 5) is 0. The third-order valence-corrected chi connectivity index (χ3v) is 15.0. The molecule has 0 N–H and O–H groups in total. The minimum absolute atomic E-state index is 0.126. The summed E-state index contributed by atoms with van der Waals surface area (Å²) in [7, 11) is -0.669. The van der Waals surface area contributed by atoms with E-state index in [0.29, 0.717) is 10.5 Å². The van der Waals surface area contributed by atoms with Crippen molar-refractivity contribution in [1.29, 1.82) is 0 Å². The van der Waals surface area contributed by atoms with Crippen LogP contribution in [0.25, 0.3) is 0 Å². The summed E-state index contributed by atoms with van der Waals surface area (Å²) in [5, 5.41) is 0.630. The van der Waals surface area contributed by atoms with Gasteiger partial charge in [-0.3, -0.25) is 0 Å². The Kier molecular flexibility index (Phi) is 5.26. The second kappa shape index (κ2) is 5.83. The van der Waals surface area contributed by atoms with Gasteiger partial charge in [0.2, 0.25) is 0 Å². The molecular weight excluding hydrogens is 228 g/mol. The molecule has 1 nitrogen and oxygen atoms in total. The molecule has 0 aliphatic carbocycles. The van der Waals surface area contributed by atoms with E-state index in [1.54, 1.807) is 6.04 Å². The van der Waals surface area contributed by atoms with Crippen LogP contribution in [0.4, 0.5) is 0 Å². The van der Waals surface area contributed by atoms with Crippen molar-refractivity contribution < 1.29 is 4.43 Å². The lowest BCUT2D eigenvalue weighted by Crippen LogP contribution is -2.41. The van der Waals surface area contributed by atoms with Gasteiger partial charge in [0.25, 0.3) is 0 Å². The van der Waals surface area contributed by atoms with Crippen LogP contribution in [0.1, 0.15) is 60.3 Å². The highest BCUT2D eigenvalue weighted by atomic mass is 29.2. The molecule has 1 unspecified atom stereocenters. The normalized spacial score (nSPS) is 24.9. The molecule has 1 atom stereocenters. The Hall–Kier alpha value is 0.394. The van der Waals surface area contributed by atoms with Crippen LogP contribution < -0.4 is 0 Å². The fraction of sp³-hybridized carbons (Fsp3) is 1.00. The Morgan fingerprint density at radius 3 is 2.44 bits per heavy atom. The van der Waals surface area contributed by atoms with Crippen LogP contribution in [0, 0.1) is 5.41 Å². The van der Waals surface area contributed by atoms with Crippen molar-refractivity contribution >= 4 is 17.6 Å². The smallest absolute Gasteiger partial charge is 0.147 e. The van der Waals surface area contributed by atoms with Crippen molar-refractivity contribution in [3.63, 3.8) is 0 Å². The van der Waals surface area contributed by atoms with Gasteiger partial charge in [-0.05, 0) is 29.7 Å². The maximum absolute atomic E-state index is 5.84. The fourth-order valence-electron chi connectivity index (χ4n) is 3.50. The molecule has 0 amide bonds. The molecule has 1 fully saturated rings. The summed E-state index contributed by atoms with van der Waals surface area (Å²) in [5.74, 6) is 0. The van der Waals surface area contributed by atoms with E-state index in [4.69, 9.17) is 4.43 Å². The molecule has 0 radical (unpaired) electrons. The Balaban J connectivity index is 2.54. The third-order valence-electron chi connectivity index (χ3n) is 4.13. The second-order valence-corrected chi connectivity index (χ2v) is 15.2. The van der Waals surface area contributed by atoms with E-state index in [1.807, 2.05) is 0 Å². The van der Waals surface area contributed by atoms with E-state index in [1.165, 1.54) is 25.7 Å². The van der Waals surface area contributed by atoms with Crippen LogP contribution >= 0.6 is 0 Å². The first-order valence-electron chi connectivity index (χ1n) is 6.95. The lowest BCUT2D eigenvalue weighted by atomic mass is 9.80. The molecule has 1 saturated heterocycles. The molecule has 1 heterocycles. The highest BCUT2D eigenvalue weighted by Gasteiger charge is 2.37. The van der Waals surface area contributed by atoms with Crippen molar-refractivity contribution in [3.05, 3.63) is 0 Å². The first-order valence-corrected chi connectivity index (χ1v) is 12.2. The average Bonchev–Trinajstić information content (AvgIpc) is 2.17. The Morgan fingerprint density at radius 1 is 1.25 bits per heavy atom. The molecule has 1 aliphatic heterocycles. The average molecular weight is 259 g/mol.